The molecule has 0 aliphatic carbocycles. The second-order valence-corrected chi connectivity index (χ2v) is 5.68. The Morgan fingerprint density at radius 1 is 1.37 bits per heavy atom. The molecule has 0 fully saturated rings. The highest BCUT2D eigenvalue weighted by Gasteiger charge is 2.15. The summed E-state index contributed by atoms with van der Waals surface area (Å²) < 4.78 is 0. The first-order valence-corrected chi connectivity index (χ1v) is 6.33. The highest BCUT2D eigenvalue weighted by Crippen LogP contribution is 2.14. The van der Waals surface area contributed by atoms with E-state index in [4.69, 9.17) is 5.11 Å². The quantitative estimate of drug-likeness (QED) is 0.799. The molecule has 0 spiro atoms. The van der Waals surface area contributed by atoms with E-state index in [2.05, 4.69) is 37.9 Å². The third-order valence-electron chi connectivity index (χ3n) is 2.66. The summed E-state index contributed by atoms with van der Waals surface area (Å²) in [5, 5.41) is 11.6. The van der Waals surface area contributed by atoms with Crippen molar-refractivity contribution in [1.29, 1.82) is 0 Å². The van der Waals surface area contributed by atoms with Gasteiger partial charge >= 0.3 is 0 Å². The van der Waals surface area contributed by atoms with Crippen LogP contribution in [0.3, 0.4) is 0 Å². The van der Waals surface area contributed by atoms with Gasteiger partial charge in [0.2, 0.25) is 0 Å². The lowest BCUT2D eigenvalue weighted by Crippen LogP contribution is -2.32. The molecule has 3 nitrogen and oxygen atoms in total. The van der Waals surface area contributed by atoms with E-state index >= 15 is 0 Å². The first-order chi connectivity index (χ1) is 8.85. The van der Waals surface area contributed by atoms with Crippen LogP contribution in [0.2, 0.25) is 0 Å². The lowest BCUT2D eigenvalue weighted by molar-refractivity contribution is 0.0938. The van der Waals surface area contributed by atoms with Crippen molar-refractivity contribution in [3.8, 4) is 11.8 Å². The maximum atomic E-state index is 12.1. The SMILES string of the molecule is Cc1c(C#CCO)cccc1C(=O)NCC(C)(C)C. The monoisotopic (exact) mass is 259 g/mol. The van der Waals surface area contributed by atoms with Gasteiger partial charge in [-0.1, -0.05) is 38.7 Å². The van der Waals surface area contributed by atoms with Crippen LogP contribution in [0.15, 0.2) is 18.2 Å². The van der Waals surface area contributed by atoms with Crippen molar-refractivity contribution < 1.29 is 9.90 Å². The molecule has 0 aliphatic rings. The maximum absolute atomic E-state index is 12.1. The van der Waals surface area contributed by atoms with Crippen LogP contribution >= 0.6 is 0 Å². The van der Waals surface area contributed by atoms with Crippen LogP contribution in [-0.4, -0.2) is 24.2 Å². The standard InChI is InChI=1S/C16H21NO2/c1-12-13(8-6-10-18)7-5-9-14(12)15(19)17-11-16(2,3)4/h5,7,9,18H,10-11H2,1-4H3,(H,17,19). The van der Waals surface area contributed by atoms with Crippen molar-refractivity contribution in [2.24, 2.45) is 5.41 Å². The summed E-state index contributed by atoms with van der Waals surface area (Å²) in [7, 11) is 0. The molecule has 19 heavy (non-hydrogen) atoms. The molecule has 1 rings (SSSR count). The number of rotatable bonds is 2. The molecule has 0 unspecified atom stereocenters. The van der Waals surface area contributed by atoms with Gasteiger partial charge in [0.05, 0.1) is 0 Å². The van der Waals surface area contributed by atoms with Gasteiger partial charge in [-0.2, -0.15) is 0 Å². The minimum atomic E-state index is -0.181. The van der Waals surface area contributed by atoms with E-state index < -0.39 is 0 Å². The Morgan fingerprint density at radius 2 is 2.05 bits per heavy atom. The van der Waals surface area contributed by atoms with E-state index in [-0.39, 0.29) is 17.9 Å². The van der Waals surface area contributed by atoms with Crippen molar-refractivity contribution >= 4 is 5.91 Å². The molecule has 0 heterocycles. The van der Waals surface area contributed by atoms with Gasteiger partial charge in [0.15, 0.2) is 0 Å². The minimum Gasteiger partial charge on any atom is -0.384 e. The number of hydrogen-bond donors (Lipinski definition) is 2. The van der Waals surface area contributed by atoms with Gasteiger partial charge in [-0.05, 0) is 30.0 Å². The van der Waals surface area contributed by atoms with Crippen molar-refractivity contribution in [2.75, 3.05) is 13.2 Å². The number of amides is 1. The summed E-state index contributed by atoms with van der Waals surface area (Å²) in [4.78, 5) is 12.1. The van der Waals surface area contributed by atoms with Gasteiger partial charge < -0.3 is 10.4 Å². The molecule has 0 bridgehead atoms. The van der Waals surface area contributed by atoms with Gasteiger partial charge in [-0.3, -0.25) is 4.79 Å². The van der Waals surface area contributed by atoms with Crippen molar-refractivity contribution in [3.63, 3.8) is 0 Å². The Balaban J connectivity index is 2.92. The van der Waals surface area contributed by atoms with Gasteiger partial charge in [0.25, 0.3) is 5.91 Å². The number of hydrogen-bond acceptors (Lipinski definition) is 2. The average Bonchev–Trinajstić information content (AvgIpc) is 2.34. The average molecular weight is 259 g/mol. The van der Waals surface area contributed by atoms with E-state index in [0.29, 0.717) is 12.1 Å². The Labute approximate surface area is 115 Å². The molecule has 0 atom stereocenters. The minimum absolute atomic E-state index is 0.0534. The van der Waals surface area contributed by atoms with Gasteiger partial charge in [-0.15, -0.1) is 0 Å². The molecule has 1 aromatic carbocycles. The Morgan fingerprint density at radius 3 is 2.63 bits per heavy atom. The van der Waals surface area contributed by atoms with Crippen LogP contribution < -0.4 is 5.32 Å². The molecular formula is C16H21NO2. The maximum Gasteiger partial charge on any atom is 0.251 e. The summed E-state index contributed by atoms with van der Waals surface area (Å²) in [6.45, 7) is 8.53. The summed E-state index contributed by atoms with van der Waals surface area (Å²) >= 11 is 0. The molecule has 2 N–H and O–H groups in total. The molecule has 0 aliphatic heterocycles. The zero-order valence-electron chi connectivity index (χ0n) is 12.0. The molecule has 102 valence electrons. The van der Waals surface area contributed by atoms with Crippen LogP contribution in [-0.2, 0) is 0 Å². The van der Waals surface area contributed by atoms with Crippen molar-refractivity contribution in [3.05, 3.63) is 34.9 Å². The molecule has 0 aromatic heterocycles. The number of carbonyl (C=O) groups is 1. The molecule has 0 radical (unpaired) electrons. The number of nitrogens with one attached hydrogen (secondary N) is 1. The molecule has 1 aromatic rings. The largest absolute Gasteiger partial charge is 0.384 e. The van der Waals surface area contributed by atoms with E-state index in [0.717, 1.165) is 11.1 Å². The fraction of sp³-hybridized carbons (Fsp3) is 0.438. The smallest absolute Gasteiger partial charge is 0.251 e. The highest BCUT2D eigenvalue weighted by atomic mass is 16.2. The van der Waals surface area contributed by atoms with E-state index in [1.807, 2.05) is 13.0 Å². The summed E-state index contributed by atoms with van der Waals surface area (Å²) in [6, 6.07) is 5.44. The predicted octanol–water partition coefficient (Wildman–Crippen LogP) is 2.11. The van der Waals surface area contributed by atoms with Crippen LogP contribution in [0.25, 0.3) is 0 Å². The second kappa shape index (κ2) is 6.40. The lowest BCUT2D eigenvalue weighted by Gasteiger charge is -2.19. The molecule has 1 amide bonds. The molecule has 3 heteroatoms. The third-order valence-corrected chi connectivity index (χ3v) is 2.66. The Kier molecular flexibility index (Phi) is 5.14. The number of benzene rings is 1. The number of carbonyl (C=O) groups excluding carboxylic acids is 1. The predicted molar refractivity (Wildman–Crippen MR) is 76.9 cm³/mol. The number of aliphatic hydroxyl groups is 1. The van der Waals surface area contributed by atoms with Crippen LogP contribution in [0, 0.1) is 24.2 Å². The summed E-state index contributed by atoms with van der Waals surface area (Å²) in [5.41, 5.74) is 2.30. The zero-order valence-corrected chi connectivity index (χ0v) is 12.0. The lowest BCUT2D eigenvalue weighted by atomic mass is 9.96. The fourth-order valence-electron chi connectivity index (χ4n) is 1.59. The third kappa shape index (κ3) is 4.76. The van der Waals surface area contributed by atoms with Gasteiger partial charge in [0.1, 0.15) is 6.61 Å². The van der Waals surface area contributed by atoms with Gasteiger partial charge in [0, 0.05) is 17.7 Å². The Hall–Kier alpha value is -1.79. The molecule has 0 saturated carbocycles. The van der Waals surface area contributed by atoms with Crippen LogP contribution in [0.5, 0.6) is 0 Å². The Bertz CT molecular complexity index is 516. The van der Waals surface area contributed by atoms with E-state index in [9.17, 15) is 4.79 Å². The number of aliphatic hydroxyl groups excluding tert-OH is 1. The van der Waals surface area contributed by atoms with Crippen molar-refractivity contribution in [2.45, 2.75) is 27.7 Å². The molecule has 0 saturated heterocycles. The van der Waals surface area contributed by atoms with Crippen LogP contribution in [0.4, 0.5) is 0 Å². The first-order valence-electron chi connectivity index (χ1n) is 6.33. The second-order valence-electron chi connectivity index (χ2n) is 5.68. The zero-order chi connectivity index (χ0) is 14.5. The molecular weight excluding hydrogens is 238 g/mol. The van der Waals surface area contributed by atoms with Gasteiger partial charge in [-0.25, -0.2) is 0 Å². The normalized spacial score (nSPS) is 10.6. The first kappa shape index (κ1) is 15.3. The fourth-order valence-corrected chi connectivity index (χ4v) is 1.59. The summed E-state index contributed by atoms with van der Waals surface area (Å²) in [5.74, 6) is 5.37. The van der Waals surface area contributed by atoms with E-state index in [1.54, 1.807) is 12.1 Å². The van der Waals surface area contributed by atoms with Crippen molar-refractivity contribution in [1.82, 2.24) is 5.32 Å². The summed E-state index contributed by atoms with van der Waals surface area (Å²) in [6.07, 6.45) is 0. The van der Waals surface area contributed by atoms with E-state index in [1.165, 1.54) is 0 Å². The topological polar surface area (TPSA) is 49.3 Å². The van der Waals surface area contributed by atoms with Crippen LogP contribution in [0.1, 0.15) is 42.3 Å². The highest BCUT2D eigenvalue weighted by molar-refractivity contribution is 5.96.